The molecule has 0 aliphatic carbocycles. The van der Waals surface area contributed by atoms with Crippen molar-refractivity contribution >= 4 is 11.8 Å². The number of hydrogen-bond donors (Lipinski definition) is 0. The third kappa shape index (κ3) is 7.56. The molecule has 0 aromatic heterocycles. The van der Waals surface area contributed by atoms with E-state index in [-0.39, 0.29) is 5.41 Å². The Bertz CT molecular complexity index is 444. The fourth-order valence-electron chi connectivity index (χ4n) is 1.11. The lowest BCUT2D eigenvalue weighted by atomic mass is 9.98. The Morgan fingerprint density at radius 3 is 2.29 bits per heavy atom. The molecule has 88 valence electrons. The van der Waals surface area contributed by atoms with Gasteiger partial charge in [0.25, 0.3) is 0 Å². The quantitative estimate of drug-likeness (QED) is 0.561. The average Bonchev–Trinajstić information content (AvgIpc) is 2.28. The van der Waals surface area contributed by atoms with Crippen LogP contribution in [0.1, 0.15) is 26.3 Å². The third-order valence-electron chi connectivity index (χ3n) is 1.82. The molecule has 0 saturated heterocycles. The van der Waals surface area contributed by atoms with Gasteiger partial charge in [-0.3, -0.25) is 0 Å². The van der Waals surface area contributed by atoms with Gasteiger partial charge in [-0.25, -0.2) is 0 Å². The molecule has 0 nitrogen and oxygen atoms in total. The monoisotopic (exact) mass is 242 g/mol. The molecule has 0 atom stereocenters. The smallest absolute Gasteiger partial charge is 0.0560 e. The van der Waals surface area contributed by atoms with Crippen LogP contribution in [0, 0.1) is 29.1 Å². The van der Waals surface area contributed by atoms with Crippen molar-refractivity contribution in [3.63, 3.8) is 0 Å². The van der Waals surface area contributed by atoms with E-state index in [1.807, 2.05) is 30.3 Å². The summed E-state index contributed by atoms with van der Waals surface area (Å²) in [5.74, 6) is 14.4. The molecule has 0 unspecified atom stereocenters. The number of rotatable bonds is 2. The number of thioether (sulfide) groups is 1. The molecule has 1 rings (SSSR count). The third-order valence-corrected chi connectivity index (χ3v) is 2.52. The van der Waals surface area contributed by atoms with E-state index in [2.05, 4.69) is 44.5 Å². The lowest BCUT2D eigenvalue weighted by Crippen LogP contribution is -1.99. The Kier molecular flexibility index (Phi) is 5.75. The van der Waals surface area contributed by atoms with Crippen molar-refractivity contribution in [3.8, 4) is 23.7 Å². The van der Waals surface area contributed by atoms with Gasteiger partial charge >= 0.3 is 0 Å². The summed E-state index contributed by atoms with van der Waals surface area (Å²) < 4.78 is 0. The Balaban J connectivity index is 2.25. The van der Waals surface area contributed by atoms with Crippen molar-refractivity contribution in [2.75, 3.05) is 11.5 Å². The summed E-state index contributed by atoms with van der Waals surface area (Å²) in [5.41, 5.74) is 1.19. The molecule has 17 heavy (non-hydrogen) atoms. The summed E-state index contributed by atoms with van der Waals surface area (Å²) in [6.07, 6.45) is 0. The number of hydrogen-bond acceptors (Lipinski definition) is 1. The van der Waals surface area contributed by atoms with E-state index >= 15 is 0 Å². The van der Waals surface area contributed by atoms with Crippen LogP contribution in [0.2, 0.25) is 0 Å². The summed E-state index contributed by atoms with van der Waals surface area (Å²) in [7, 11) is 0. The Labute approximate surface area is 109 Å². The molecule has 1 heteroatoms. The second-order valence-electron chi connectivity index (χ2n) is 4.71. The molecule has 0 spiro atoms. The molecule has 0 bridgehead atoms. The van der Waals surface area contributed by atoms with Crippen LogP contribution in [0.15, 0.2) is 30.3 Å². The summed E-state index contributed by atoms with van der Waals surface area (Å²) in [4.78, 5) is 0. The van der Waals surface area contributed by atoms with Gasteiger partial charge in [0.2, 0.25) is 0 Å². The summed E-state index contributed by atoms with van der Waals surface area (Å²) in [5, 5.41) is 0. The normalized spacial score (nSPS) is 9.82. The van der Waals surface area contributed by atoms with Gasteiger partial charge in [-0.05, 0) is 32.9 Å². The molecule has 0 aliphatic rings. The predicted octanol–water partition coefficient (Wildman–Crippen LogP) is 3.82. The maximum Gasteiger partial charge on any atom is 0.0560 e. The van der Waals surface area contributed by atoms with E-state index in [1.54, 1.807) is 11.8 Å². The van der Waals surface area contributed by atoms with Crippen molar-refractivity contribution in [1.29, 1.82) is 0 Å². The topological polar surface area (TPSA) is 0 Å². The highest BCUT2D eigenvalue weighted by Crippen LogP contribution is 2.10. The molecule has 1 aromatic rings. The van der Waals surface area contributed by atoms with Crippen molar-refractivity contribution in [2.45, 2.75) is 20.8 Å². The van der Waals surface area contributed by atoms with E-state index < -0.39 is 0 Å². The van der Waals surface area contributed by atoms with Crippen LogP contribution in [0.4, 0.5) is 0 Å². The second kappa shape index (κ2) is 7.10. The predicted molar refractivity (Wildman–Crippen MR) is 77.9 cm³/mol. The standard InChI is InChI=1S/C16H18S/c1-16(2,3)12-8-14-17-13-7-11-15-9-5-4-6-10-15/h4-6,9-10H,13-14H2,1-3H3. The fraction of sp³-hybridized carbons (Fsp3) is 0.375. The summed E-state index contributed by atoms with van der Waals surface area (Å²) in [6, 6.07) is 10.1. The van der Waals surface area contributed by atoms with E-state index in [0.29, 0.717) is 0 Å². The average molecular weight is 242 g/mol. The highest BCUT2D eigenvalue weighted by Gasteiger charge is 2.02. The SMILES string of the molecule is CC(C)(C)C#CCSCC#Cc1ccccc1. The second-order valence-corrected chi connectivity index (χ2v) is 5.70. The molecule has 0 saturated carbocycles. The Morgan fingerprint density at radius 2 is 1.65 bits per heavy atom. The molecular formula is C16H18S. The van der Waals surface area contributed by atoms with E-state index in [1.165, 1.54) is 0 Å². The number of benzene rings is 1. The van der Waals surface area contributed by atoms with E-state index in [0.717, 1.165) is 17.1 Å². The van der Waals surface area contributed by atoms with Gasteiger partial charge in [0.15, 0.2) is 0 Å². The maximum atomic E-state index is 3.21. The van der Waals surface area contributed by atoms with Gasteiger partial charge in [0.05, 0.1) is 11.5 Å². The zero-order valence-electron chi connectivity index (χ0n) is 10.7. The molecule has 1 aromatic carbocycles. The first-order valence-electron chi connectivity index (χ1n) is 5.70. The highest BCUT2D eigenvalue weighted by molar-refractivity contribution is 7.99. The van der Waals surface area contributed by atoms with Crippen LogP contribution in [0.3, 0.4) is 0 Å². The van der Waals surface area contributed by atoms with Gasteiger partial charge in [0, 0.05) is 11.0 Å². The zero-order chi connectivity index (χ0) is 12.6. The first kappa shape index (κ1) is 13.8. The van der Waals surface area contributed by atoms with E-state index in [9.17, 15) is 0 Å². The van der Waals surface area contributed by atoms with Gasteiger partial charge in [-0.1, -0.05) is 41.9 Å². The zero-order valence-corrected chi connectivity index (χ0v) is 11.5. The minimum absolute atomic E-state index is 0.107. The van der Waals surface area contributed by atoms with Crippen LogP contribution in [0.5, 0.6) is 0 Å². The van der Waals surface area contributed by atoms with Crippen molar-refractivity contribution < 1.29 is 0 Å². The summed E-state index contributed by atoms with van der Waals surface area (Å²) in [6.45, 7) is 6.37. The van der Waals surface area contributed by atoms with Gasteiger partial charge in [0.1, 0.15) is 0 Å². The lowest BCUT2D eigenvalue weighted by Gasteiger charge is -2.06. The van der Waals surface area contributed by atoms with Crippen LogP contribution in [0.25, 0.3) is 0 Å². The molecule has 0 fully saturated rings. The van der Waals surface area contributed by atoms with E-state index in [4.69, 9.17) is 0 Å². The van der Waals surface area contributed by atoms with Crippen molar-refractivity contribution in [3.05, 3.63) is 35.9 Å². The Hall–Kier alpha value is -1.31. The van der Waals surface area contributed by atoms with Gasteiger partial charge in [-0.15, -0.1) is 11.8 Å². The first-order valence-corrected chi connectivity index (χ1v) is 6.85. The molecule has 0 radical (unpaired) electrons. The van der Waals surface area contributed by atoms with Crippen LogP contribution >= 0.6 is 11.8 Å². The van der Waals surface area contributed by atoms with Crippen molar-refractivity contribution in [1.82, 2.24) is 0 Å². The highest BCUT2D eigenvalue weighted by atomic mass is 32.2. The minimum Gasteiger partial charge on any atom is -0.136 e. The minimum atomic E-state index is 0.107. The largest absolute Gasteiger partial charge is 0.136 e. The first-order chi connectivity index (χ1) is 8.08. The molecular weight excluding hydrogens is 224 g/mol. The van der Waals surface area contributed by atoms with Gasteiger partial charge < -0.3 is 0 Å². The van der Waals surface area contributed by atoms with Gasteiger partial charge in [-0.2, -0.15) is 0 Å². The fourth-order valence-corrected chi connectivity index (χ4v) is 1.56. The van der Waals surface area contributed by atoms with Crippen molar-refractivity contribution in [2.24, 2.45) is 5.41 Å². The lowest BCUT2D eigenvalue weighted by molar-refractivity contribution is 0.571. The molecule has 0 aliphatic heterocycles. The molecule has 0 N–H and O–H groups in total. The maximum absolute atomic E-state index is 3.21. The van der Waals surface area contributed by atoms with Crippen LogP contribution in [-0.4, -0.2) is 11.5 Å². The van der Waals surface area contributed by atoms with Crippen LogP contribution in [-0.2, 0) is 0 Å². The Morgan fingerprint density at radius 1 is 1.00 bits per heavy atom. The molecule has 0 amide bonds. The molecule has 0 heterocycles. The van der Waals surface area contributed by atoms with Crippen LogP contribution < -0.4 is 0 Å². The summed E-state index contributed by atoms with van der Waals surface area (Å²) >= 11 is 1.77.